The molecule has 0 amide bonds. The smallest absolute Gasteiger partial charge is 0.363 e. The number of ether oxygens (including phenoxy) is 1. The van der Waals surface area contributed by atoms with Crippen molar-refractivity contribution in [1.29, 1.82) is 0 Å². The molecule has 120 valence electrons. The minimum absolute atomic E-state index is 0.183. The number of rotatable bonds is 3. The van der Waals surface area contributed by atoms with Gasteiger partial charge in [-0.1, -0.05) is 65.2 Å². The molecule has 1 aliphatic rings. The topological polar surface area (TPSA) is 38.7 Å². The normalized spacial score (nSPS) is 15.9. The fourth-order valence-electron chi connectivity index (χ4n) is 2.12. The minimum Gasteiger partial charge on any atom is -0.403 e. The molecule has 2 aromatic carbocycles. The van der Waals surface area contributed by atoms with Crippen LogP contribution in [-0.4, -0.2) is 11.9 Å². The third kappa shape index (κ3) is 3.75. The molecule has 0 unspecified atom stereocenters. The Morgan fingerprint density at radius 3 is 2.54 bits per heavy atom. The third-order valence-corrected chi connectivity index (χ3v) is 4.24. The largest absolute Gasteiger partial charge is 0.403 e. The van der Waals surface area contributed by atoms with E-state index in [9.17, 15) is 4.79 Å². The summed E-state index contributed by atoms with van der Waals surface area (Å²) in [6.45, 7) is 2.02. The second-order valence-corrected chi connectivity index (χ2v) is 6.04. The van der Waals surface area contributed by atoms with E-state index in [1.165, 1.54) is 5.56 Å². The SMILES string of the molecule is Cc1ccc(C=CC2=NC(=Cc3cccc(Cl)c3Cl)C(=O)O2)cc1. The van der Waals surface area contributed by atoms with E-state index in [-0.39, 0.29) is 11.6 Å². The zero-order valence-electron chi connectivity index (χ0n) is 12.8. The highest BCUT2D eigenvalue weighted by molar-refractivity contribution is 6.43. The van der Waals surface area contributed by atoms with Crippen LogP contribution in [0.25, 0.3) is 12.2 Å². The molecular weight excluding hydrogens is 345 g/mol. The van der Waals surface area contributed by atoms with Gasteiger partial charge in [-0.2, -0.15) is 0 Å². The summed E-state index contributed by atoms with van der Waals surface area (Å²) in [6.07, 6.45) is 5.05. The molecule has 0 aliphatic carbocycles. The summed E-state index contributed by atoms with van der Waals surface area (Å²) in [7, 11) is 0. The van der Waals surface area contributed by atoms with Gasteiger partial charge in [0.05, 0.1) is 10.0 Å². The molecule has 0 radical (unpaired) electrons. The molecule has 0 saturated carbocycles. The summed E-state index contributed by atoms with van der Waals surface area (Å²) in [5, 5.41) is 0.791. The van der Waals surface area contributed by atoms with Gasteiger partial charge in [-0.05, 0) is 36.3 Å². The van der Waals surface area contributed by atoms with Gasteiger partial charge < -0.3 is 4.74 Å². The van der Waals surface area contributed by atoms with Crippen molar-refractivity contribution in [1.82, 2.24) is 0 Å². The minimum atomic E-state index is -0.519. The molecule has 5 heteroatoms. The summed E-state index contributed by atoms with van der Waals surface area (Å²) in [4.78, 5) is 16.1. The molecule has 1 aliphatic heterocycles. The second-order valence-electron chi connectivity index (χ2n) is 5.26. The molecular formula is C19H13Cl2NO2. The number of nitrogens with zero attached hydrogens (tertiary/aromatic N) is 1. The summed E-state index contributed by atoms with van der Waals surface area (Å²) in [6, 6.07) is 13.2. The monoisotopic (exact) mass is 357 g/mol. The molecule has 3 nitrogen and oxygen atoms in total. The number of benzene rings is 2. The van der Waals surface area contributed by atoms with Gasteiger partial charge in [0.25, 0.3) is 0 Å². The van der Waals surface area contributed by atoms with E-state index in [1.807, 2.05) is 37.3 Å². The zero-order chi connectivity index (χ0) is 17.1. The molecule has 0 fully saturated rings. The lowest BCUT2D eigenvalue weighted by atomic mass is 10.1. The number of hydrogen-bond donors (Lipinski definition) is 0. The van der Waals surface area contributed by atoms with Crippen molar-refractivity contribution in [3.05, 3.63) is 81.0 Å². The van der Waals surface area contributed by atoms with Crippen LogP contribution in [0.5, 0.6) is 0 Å². The Hall–Kier alpha value is -2.36. The Morgan fingerprint density at radius 1 is 1.04 bits per heavy atom. The van der Waals surface area contributed by atoms with E-state index in [0.717, 1.165) is 5.56 Å². The molecule has 24 heavy (non-hydrogen) atoms. The first kappa shape index (κ1) is 16.5. The molecule has 3 rings (SSSR count). The maximum Gasteiger partial charge on any atom is 0.363 e. The summed E-state index contributed by atoms with van der Waals surface area (Å²) in [5.41, 5.74) is 2.97. The first-order chi connectivity index (χ1) is 11.5. The van der Waals surface area contributed by atoms with Crippen molar-refractivity contribution in [3.8, 4) is 0 Å². The predicted octanol–water partition coefficient (Wildman–Crippen LogP) is 5.31. The average molecular weight is 358 g/mol. The molecule has 0 bridgehead atoms. The van der Waals surface area contributed by atoms with Gasteiger partial charge >= 0.3 is 5.97 Å². The van der Waals surface area contributed by atoms with Gasteiger partial charge in [0.2, 0.25) is 5.90 Å². The fourth-order valence-corrected chi connectivity index (χ4v) is 2.48. The molecule has 0 atom stereocenters. The lowest BCUT2D eigenvalue weighted by Crippen LogP contribution is -2.01. The maximum atomic E-state index is 11.9. The Kier molecular flexibility index (Phi) is 4.84. The first-order valence-corrected chi connectivity index (χ1v) is 8.00. The Balaban J connectivity index is 1.83. The highest BCUT2D eigenvalue weighted by Gasteiger charge is 2.21. The van der Waals surface area contributed by atoms with E-state index in [1.54, 1.807) is 30.4 Å². The number of carbonyl (C=O) groups is 1. The molecule has 0 spiro atoms. The molecule has 0 aromatic heterocycles. The van der Waals surface area contributed by atoms with Crippen LogP contribution in [0.15, 0.2) is 59.2 Å². The standard InChI is InChI=1S/C19H13Cl2NO2/c1-12-5-7-13(8-6-12)9-10-17-22-16(19(23)24-17)11-14-3-2-4-15(20)18(14)21/h2-11H,1H3. The second kappa shape index (κ2) is 7.04. The molecule has 2 aromatic rings. The Morgan fingerprint density at radius 2 is 1.79 bits per heavy atom. The molecule has 0 saturated heterocycles. The average Bonchev–Trinajstić information content (AvgIpc) is 2.91. The summed E-state index contributed by atoms with van der Waals surface area (Å²) < 4.78 is 5.14. The van der Waals surface area contributed by atoms with E-state index in [4.69, 9.17) is 27.9 Å². The summed E-state index contributed by atoms with van der Waals surface area (Å²) in [5.74, 6) is -0.278. The van der Waals surface area contributed by atoms with E-state index >= 15 is 0 Å². The Bertz CT molecular complexity index is 881. The van der Waals surface area contributed by atoms with Crippen LogP contribution >= 0.6 is 23.2 Å². The number of halogens is 2. The van der Waals surface area contributed by atoms with Crippen LogP contribution in [0.1, 0.15) is 16.7 Å². The van der Waals surface area contributed by atoms with Gasteiger partial charge in [-0.25, -0.2) is 9.79 Å². The van der Waals surface area contributed by atoms with Crippen LogP contribution < -0.4 is 0 Å². The number of cyclic esters (lactones) is 1. The Labute approximate surface area is 149 Å². The molecule has 1 heterocycles. The van der Waals surface area contributed by atoms with Crippen molar-refractivity contribution in [2.45, 2.75) is 6.92 Å². The lowest BCUT2D eigenvalue weighted by Gasteiger charge is -1.99. The number of aliphatic imine (C=N–C) groups is 1. The van der Waals surface area contributed by atoms with Crippen LogP contribution in [-0.2, 0) is 9.53 Å². The van der Waals surface area contributed by atoms with Crippen molar-refractivity contribution < 1.29 is 9.53 Å². The number of esters is 1. The maximum absolute atomic E-state index is 11.9. The number of aryl methyl sites for hydroxylation is 1. The van der Waals surface area contributed by atoms with Crippen molar-refractivity contribution in [3.63, 3.8) is 0 Å². The van der Waals surface area contributed by atoms with Gasteiger partial charge in [-0.15, -0.1) is 0 Å². The van der Waals surface area contributed by atoms with Crippen LogP contribution in [0.2, 0.25) is 10.0 Å². The van der Waals surface area contributed by atoms with Crippen molar-refractivity contribution in [2.24, 2.45) is 4.99 Å². The highest BCUT2D eigenvalue weighted by atomic mass is 35.5. The van der Waals surface area contributed by atoms with Gasteiger partial charge in [0, 0.05) is 6.08 Å². The van der Waals surface area contributed by atoms with Gasteiger partial charge in [0.1, 0.15) is 0 Å². The quantitative estimate of drug-likeness (QED) is 0.551. The van der Waals surface area contributed by atoms with Gasteiger partial charge in [0.15, 0.2) is 5.70 Å². The zero-order valence-corrected chi connectivity index (χ0v) is 14.3. The lowest BCUT2D eigenvalue weighted by molar-refractivity contribution is -0.129. The molecule has 0 N–H and O–H groups in total. The first-order valence-electron chi connectivity index (χ1n) is 7.24. The van der Waals surface area contributed by atoms with E-state index < -0.39 is 5.97 Å². The van der Waals surface area contributed by atoms with Crippen molar-refractivity contribution >= 4 is 47.2 Å². The van der Waals surface area contributed by atoms with E-state index in [2.05, 4.69) is 4.99 Å². The van der Waals surface area contributed by atoms with Crippen molar-refractivity contribution in [2.75, 3.05) is 0 Å². The van der Waals surface area contributed by atoms with Crippen LogP contribution in [0.4, 0.5) is 0 Å². The van der Waals surface area contributed by atoms with Gasteiger partial charge in [-0.3, -0.25) is 0 Å². The predicted molar refractivity (Wildman–Crippen MR) is 98.2 cm³/mol. The highest BCUT2D eigenvalue weighted by Crippen LogP contribution is 2.28. The van der Waals surface area contributed by atoms with Crippen LogP contribution in [0, 0.1) is 6.92 Å². The fraction of sp³-hybridized carbons (Fsp3) is 0.0526. The van der Waals surface area contributed by atoms with Crippen LogP contribution in [0.3, 0.4) is 0 Å². The van der Waals surface area contributed by atoms with E-state index in [0.29, 0.717) is 15.6 Å². The summed E-state index contributed by atoms with van der Waals surface area (Å²) >= 11 is 12.1. The third-order valence-electron chi connectivity index (χ3n) is 3.41. The number of hydrogen-bond acceptors (Lipinski definition) is 3. The number of carbonyl (C=O) groups excluding carboxylic acids is 1.